The first-order valence-corrected chi connectivity index (χ1v) is 6.41. The molecule has 0 spiro atoms. The standard InChI is InChI=1S/C14H20N2O2/c1-10(17)12-4-2-3-5-13(12)16-8-6-11(7-9-16)14(15)18/h2-5,10-11,17H,6-9H2,1H3,(H2,15,18). The minimum atomic E-state index is -0.477. The lowest BCUT2D eigenvalue weighted by Gasteiger charge is -2.34. The molecule has 0 radical (unpaired) electrons. The van der Waals surface area contributed by atoms with Gasteiger partial charge in [0.05, 0.1) is 6.10 Å². The third-order valence-electron chi connectivity index (χ3n) is 3.62. The number of rotatable bonds is 3. The Bertz CT molecular complexity index is 424. The maximum atomic E-state index is 11.1. The summed E-state index contributed by atoms with van der Waals surface area (Å²) in [7, 11) is 0. The van der Waals surface area contributed by atoms with Crippen molar-refractivity contribution in [3.05, 3.63) is 29.8 Å². The van der Waals surface area contributed by atoms with Gasteiger partial charge in [0.1, 0.15) is 0 Å². The number of nitrogens with two attached hydrogens (primary N) is 1. The molecular formula is C14H20N2O2. The fourth-order valence-electron chi connectivity index (χ4n) is 2.53. The molecule has 1 aromatic carbocycles. The Morgan fingerprint density at radius 2 is 2.00 bits per heavy atom. The second-order valence-electron chi connectivity index (χ2n) is 4.90. The number of primary amides is 1. The minimum Gasteiger partial charge on any atom is -0.389 e. The number of piperidine rings is 1. The Morgan fingerprint density at radius 1 is 1.39 bits per heavy atom. The van der Waals surface area contributed by atoms with Crippen LogP contribution in [0, 0.1) is 5.92 Å². The molecule has 0 aliphatic carbocycles. The predicted octanol–water partition coefficient (Wildman–Crippen LogP) is 1.44. The smallest absolute Gasteiger partial charge is 0.220 e. The van der Waals surface area contributed by atoms with Gasteiger partial charge in [-0.2, -0.15) is 0 Å². The van der Waals surface area contributed by atoms with E-state index < -0.39 is 6.10 Å². The molecule has 98 valence electrons. The Morgan fingerprint density at radius 3 is 2.56 bits per heavy atom. The molecule has 1 heterocycles. The van der Waals surface area contributed by atoms with Gasteiger partial charge >= 0.3 is 0 Å². The van der Waals surface area contributed by atoms with Crippen LogP contribution in [0.15, 0.2) is 24.3 Å². The zero-order valence-corrected chi connectivity index (χ0v) is 10.7. The summed E-state index contributed by atoms with van der Waals surface area (Å²) in [6, 6.07) is 7.87. The number of hydrogen-bond acceptors (Lipinski definition) is 3. The molecule has 2 rings (SSSR count). The van der Waals surface area contributed by atoms with Crippen LogP contribution in [0.5, 0.6) is 0 Å². The van der Waals surface area contributed by atoms with Crippen LogP contribution in [-0.4, -0.2) is 24.1 Å². The second kappa shape index (κ2) is 5.40. The lowest BCUT2D eigenvalue weighted by molar-refractivity contribution is -0.122. The number of hydrogen-bond donors (Lipinski definition) is 2. The Labute approximate surface area is 107 Å². The molecule has 1 unspecified atom stereocenters. The average molecular weight is 248 g/mol. The summed E-state index contributed by atoms with van der Waals surface area (Å²) < 4.78 is 0. The summed E-state index contributed by atoms with van der Waals surface area (Å²) in [5, 5.41) is 9.77. The van der Waals surface area contributed by atoms with Gasteiger partial charge in [0.25, 0.3) is 0 Å². The summed E-state index contributed by atoms with van der Waals surface area (Å²) in [4.78, 5) is 13.4. The highest BCUT2D eigenvalue weighted by Gasteiger charge is 2.24. The number of benzene rings is 1. The van der Waals surface area contributed by atoms with Gasteiger partial charge in [-0.25, -0.2) is 0 Å². The maximum absolute atomic E-state index is 11.1. The van der Waals surface area contributed by atoms with Gasteiger partial charge in [0.15, 0.2) is 0 Å². The molecule has 1 aliphatic heterocycles. The number of para-hydroxylation sites is 1. The molecule has 0 saturated carbocycles. The van der Waals surface area contributed by atoms with Crippen molar-refractivity contribution in [1.29, 1.82) is 0 Å². The lowest BCUT2D eigenvalue weighted by Crippen LogP contribution is -2.39. The van der Waals surface area contributed by atoms with Crippen molar-refractivity contribution < 1.29 is 9.90 Å². The van der Waals surface area contributed by atoms with Crippen molar-refractivity contribution >= 4 is 11.6 Å². The highest BCUT2D eigenvalue weighted by atomic mass is 16.3. The van der Waals surface area contributed by atoms with Crippen molar-refractivity contribution in [3.8, 4) is 0 Å². The summed E-state index contributed by atoms with van der Waals surface area (Å²) in [6.45, 7) is 3.41. The van der Waals surface area contributed by atoms with E-state index in [1.165, 1.54) is 0 Å². The van der Waals surface area contributed by atoms with Gasteiger partial charge in [-0.1, -0.05) is 18.2 Å². The highest BCUT2D eigenvalue weighted by Crippen LogP contribution is 2.29. The van der Waals surface area contributed by atoms with E-state index in [9.17, 15) is 9.90 Å². The van der Waals surface area contributed by atoms with Crippen LogP contribution >= 0.6 is 0 Å². The molecule has 18 heavy (non-hydrogen) atoms. The first-order valence-electron chi connectivity index (χ1n) is 6.41. The van der Waals surface area contributed by atoms with Crippen LogP contribution in [0.4, 0.5) is 5.69 Å². The fourth-order valence-corrected chi connectivity index (χ4v) is 2.53. The first-order chi connectivity index (χ1) is 8.59. The Kier molecular flexibility index (Phi) is 3.87. The molecule has 4 nitrogen and oxygen atoms in total. The molecule has 4 heteroatoms. The average Bonchev–Trinajstić information content (AvgIpc) is 2.39. The number of nitrogens with zero attached hydrogens (tertiary/aromatic N) is 1. The molecular weight excluding hydrogens is 228 g/mol. The minimum absolute atomic E-state index is 0.0000350. The second-order valence-corrected chi connectivity index (χ2v) is 4.90. The third-order valence-corrected chi connectivity index (χ3v) is 3.62. The van der Waals surface area contributed by atoms with Crippen LogP contribution in [0.1, 0.15) is 31.4 Å². The van der Waals surface area contributed by atoms with Crippen molar-refractivity contribution in [2.24, 2.45) is 11.7 Å². The van der Waals surface area contributed by atoms with Crippen LogP contribution in [0.25, 0.3) is 0 Å². The number of anilines is 1. The molecule has 1 amide bonds. The SMILES string of the molecule is CC(O)c1ccccc1N1CCC(C(N)=O)CC1. The molecule has 1 aliphatic rings. The maximum Gasteiger partial charge on any atom is 0.220 e. The molecule has 1 saturated heterocycles. The zero-order chi connectivity index (χ0) is 13.1. The van der Waals surface area contributed by atoms with Crippen molar-refractivity contribution in [3.63, 3.8) is 0 Å². The van der Waals surface area contributed by atoms with E-state index >= 15 is 0 Å². The van der Waals surface area contributed by atoms with E-state index in [0.29, 0.717) is 0 Å². The van der Waals surface area contributed by atoms with Crippen LogP contribution < -0.4 is 10.6 Å². The summed E-state index contributed by atoms with van der Waals surface area (Å²) >= 11 is 0. The number of aliphatic hydroxyl groups is 1. The molecule has 1 atom stereocenters. The van der Waals surface area contributed by atoms with Gasteiger partial charge in [0, 0.05) is 30.3 Å². The highest BCUT2D eigenvalue weighted by molar-refractivity contribution is 5.77. The third kappa shape index (κ3) is 2.64. The fraction of sp³-hybridized carbons (Fsp3) is 0.500. The van der Waals surface area contributed by atoms with Crippen molar-refractivity contribution in [2.45, 2.75) is 25.9 Å². The molecule has 1 aromatic rings. The summed E-state index contributed by atoms with van der Waals surface area (Å²) in [5.41, 5.74) is 7.34. The number of aliphatic hydroxyl groups excluding tert-OH is 1. The summed E-state index contributed by atoms with van der Waals surface area (Å²) in [6.07, 6.45) is 1.11. The van der Waals surface area contributed by atoms with Crippen LogP contribution in [-0.2, 0) is 4.79 Å². The van der Waals surface area contributed by atoms with Gasteiger partial charge in [0.2, 0.25) is 5.91 Å². The molecule has 1 fully saturated rings. The quantitative estimate of drug-likeness (QED) is 0.850. The molecule has 0 bridgehead atoms. The topological polar surface area (TPSA) is 66.6 Å². The van der Waals surface area contributed by atoms with E-state index in [4.69, 9.17) is 5.73 Å². The monoisotopic (exact) mass is 248 g/mol. The van der Waals surface area contributed by atoms with Gasteiger partial charge in [-0.15, -0.1) is 0 Å². The molecule has 0 aromatic heterocycles. The van der Waals surface area contributed by atoms with E-state index in [1.807, 2.05) is 24.3 Å². The van der Waals surface area contributed by atoms with Crippen molar-refractivity contribution in [2.75, 3.05) is 18.0 Å². The number of carbonyl (C=O) groups is 1. The molecule has 3 N–H and O–H groups in total. The lowest BCUT2D eigenvalue weighted by atomic mass is 9.95. The Hall–Kier alpha value is -1.55. The van der Waals surface area contributed by atoms with Crippen LogP contribution in [0.2, 0.25) is 0 Å². The van der Waals surface area contributed by atoms with Crippen LogP contribution in [0.3, 0.4) is 0 Å². The van der Waals surface area contributed by atoms with E-state index in [2.05, 4.69) is 4.90 Å². The van der Waals surface area contributed by atoms with E-state index in [-0.39, 0.29) is 11.8 Å². The largest absolute Gasteiger partial charge is 0.389 e. The number of amides is 1. The zero-order valence-electron chi connectivity index (χ0n) is 10.7. The Balaban J connectivity index is 2.12. The summed E-state index contributed by atoms with van der Waals surface area (Å²) in [5.74, 6) is -0.196. The van der Waals surface area contributed by atoms with E-state index in [1.54, 1.807) is 6.92 Å². The van der Waals surface area contributed by atoms with Gasteiger partial charge in [-0.3, -0.25) is 4.79 Å². The van der Waals surface area contributed by atoms with Gasteiger partial charge in [-0.05, 0) is 25.8 Å². The normalized spacial score (nSPS) is 18.7. The number of carbonyl (C=O) groups excluding carboxylic acids is 1. The van der Waals surface area contributed by atoms with Gasteiger partial charge < -0.3 is 15.7 Å². The van der Waals surface area contributed by atoms with E-state index in [0.717, 1.165) is 37.2 Å². The predicted molar refractivity (Wildman–Crippen MR) is 71.2 cm³/mol. The first kappa shape index (κ1) is 12.9. The van der Waals surface area contributed by atoms with Crippen molar-refractivity contribution in [1.82, 2.24) is 0 Å².